The van der Waals surface area contributed by atoms with Crippen LogP contribution in [0, 0.1) is 0 Å². The number of nitrogens with zero attached hydrogens (tertiary/aromatic N) is 6. The summed E-state index contributed by atoms with van der Waals surface area (Å²) in [6.07, 6.45) is 2.09. The molecule has 1 unspecified atom stereocenters. The predicted molar refractivity (Wildman–Crippen MR) is 192 cm³/mol. The lowest BCUT2D eigenvalue weighted by atomic mass is 9.83. The van der Waals surface area contributed by atoms with Crippen LogP contribution in [0.25, 0.3) is 5.69 Å². The molecule has 1 aromatic heterocycles. The summed E-state index contributed by atoms with van der Waals surface area (Å²) in [4.78, 5) is 83.6. The van der Waals surface area contributed by atoms with Crippen molar-refractivity contribution in [3.63, 3.8) is 0 Å². The normalized spacial score (nSPS) is 20.4. The van der Waals surface area contributed by atoms with Crippen molar-refractivity contribution in [2.45, 2.75) is 84.2 Å². The van der Waals surface area contributed by atoms with E-state index in [0.717, 1.165) is 10.1 Å². The van der Waals surface area contributed by atoms with Crippen molar-refractivity contribution in [3.8, 4) is 17.2 Å². The predicted octanol–water partition coefficient (Wildman–Crippen LogP) is 3.75. The fourth-order valence-corrected chi connectivity index (χ4v) is 7.55. The first-order valence-electron chi connectivity index (χ1n) is 17.9. The highest BCUT2D eigenvalue weighted by Gasteiger charge is 2.44. The van der Waals surface area contributed by atoms with Gasteiger partial charge >= 0.3 is 23.6 Å². The Kier molecular flexibility index (Phi) is 8.85. The Morgan fingerprint density at radius 3 is 2.21 bits per heavy atom. The molecule has 53 heavy (non-hydrogen) atoms. The number of hydrogen-bond donors (Lipinski definition) is 0. The summed E-state index contributed by atoms with van der Waals surface area (Å²) in [6.45, 7) is 12.3. The first-order chi connectivity index (χ1) is 25.0. The van der Waals surface area contributed by atoms with E-state index in [1.807, 2.05) is 19.9 Å². The van der Waals surface area contributed by atoms with E-state index in [2.05, 4.69) is 0 Å². The number of fused-ring (bicyclic) bond motifs is 5. The molecule has 7 rings (SSSR count). The van der Waals surface area contributed by atoms with Crippen molar-refractivity contribution in [1.82, 2.24) is 28.6 Å². The molecule has 4 aliphatic heterocycles. The number of carbonyl (C=O) groups excluding carboxylic acids is 4. The van der Waals surface area contributed by atoms with Crippen molar-refractivity contribution >= 4 is 23.9 Å². The van der Waals surface area contributed by atoms with Crippen LogP contribution in [-0.4, -0.2) is 102 Å². The van der Waals surface area contributed by atoms with Gasteiger partial charge in [-0.1, -0.05) is 6.08 Å². The third kappa shape index (κ3) is 6.52. The molecule has 3 aromatic rings. The van der Waals surface area contributed by atoms with E-state index in [9.17, 15) is 28.8 Å². The molecule has 0 N–H and O–H groups in total. The standard InChI is InChI=1S/C38H44N6O9/c1-23(45)24-9-11-25(12-10-24)43-33(47)42-17-15-28-31(44(42)34(43)48)27-14-13-26(22-30(27)52-38(28,5)6)51-35(49)40-20-18-39(19-21-40)32(46)29-8-7-16-41(29)36(50)53-37(2,3)4/h9-15,22,29,31H,7-8,16-21H2,1-6H3/t29-,31?/m0/s1. The molecule has 3 amide bonds. The first-order valence-corrected chi connectivity index (χ1v) is 17.9. The smallest absolute Gasteiger partial charge is 0.415 e. The fourth-order valence-electron chi connectivity index (χ4n) is 7.55. The van der Waals surface area contributed by atoms with E-state index in [1.54, 1.807) is 68.1 Å². The SMILES string of the molecule is CC(=O)c1ccc(-n2c(=O)n3n(c2=O)C2C(=CC3)C(C)(C)Oc3cc(OC(=O)N4CCN(C(=O)[C@@H]5CCCN5C(=O)OC(C)(C)C)CC4)ccc32)cc1. The number of allylic oxidation sites excluding steroid dienone is 1. The van der Waals surface area contributed by atoms with Gasteiger partial charge in [0, 0.05) is 49.9 Å². The van der Waals surface area contributed by atoms with Gasteiger partial charge in [0.1, 0.15) is 34.8 Å². The van der Waals surface area contributed by atoms with Crippen LogP contribution in [0.1, 0.15) is 76.3 Å². The van der Waals surface area contributed by atoms with Crippen LogP contribution in [0.15, 0.2) is 63.7 Å². The van der Waals surface area contributed by atoms with Gasteiger partial charge in [0.05, 0.1) is 12.2 Å². The molecule has 2 saturated heterocycles. The zero-order chi connectivity index (χ0) is 38.0. The van der Waals surface area contributed by atoms with Gasteiger partial charge in [-0.15, -0.1) is 0 Å². The number of hydrogen-bond acceptors (Lipinski definition) is 9. The number of amides is 3. The Bertz CT molecular complexity index is 2140. The van der Waals surface area contributed by atoms with Crippen LogP contribution >= 0.6 is 0 Å². The average molecular weight is 729 g/mol. The van der Waals surface area contributed by atoms with Crippen molar-refractivity contribution < 1.29 is 33.4 Å². The maximum Gasteiger partial charge on any atom is 0.415 e. The van der Waals surface area contributed by atoms with Crippen molar-refractivity contribution in [2.24, 2.45) is 0 Å². The minimum atomic E-state index is -0.868. The maximum atomic E-state index is 14.0. The van der Waals surface area contributed by atoms with Crippen LogP contribution in [0.5, 0.6) is 11.5 Å². The van der Waals surface area contributed by atoms with Crippen LogP contribution in [0.2, 0.25) is 0 Å². The summed E-state index contributed by atoms with van der Waals surface area (Å²) in [5, 5.41) is 0. The molecule has 0 aliphatic carbocycles. The lowest BCUT2D eigenvalue weighted by Crippen LogP contribution is -2.56. The minimum absolute atomic E-state index is 0.125. The van der Waals surface area contributed by atoms with Gasteiger partial charge < -0.3 is 24.0 Å². The fraction of sp³-hybridized carbons (Fsp3) is 0.474. The molecule has 5 heterocycles. The highest BCUT2D eigenvalue weighted by atomic mass is 16.6. The van der Waals surface area contributed by atoms with Gasteiger partial charge in [0.15, 0.2) is 5.78 Å². The molecule has 4 aliphatic rings. The number of piperazine rings is 1. The summed E-state index contributed by atoms with van der Waals surface area (Å²) in [5.74, 6) is 0.353. The molecule has 15 heteroatoms. The van der Waals surface area contributed by atoms with Gasteiger partial charge in [-0.3, -0.25) is 14.5 Å². The minimum Gasteiger partial charge on any atom is -0.483 e. The molecule has 0 radical (unpaired) electrons. The van der Waals surface area contributed by atoms with E-state index < -0.39 is 46.9 Å². The van der Waals surface area contributed by atoms with Crippen molar-refractivity contribution in [1.29, 1.82) is 0 Å². The van der Waals surface area contributed by atoms with Crippen LogP contribution in [-0.2, 0) is 16.1 Å². The third-order valence-corrected chi connectivity index (χ3v) is 10.2. The van der Waals surface area contributed by atoms with E-state index in [1.165, 1.54) is 26.1 Å². The second-order valence-electron chi connectivity index (χ2n) is 15.3. The quantitative estimate of drug-likeness (QED) is 0.289. The number of aromatic nitrogens is 3. The van der Waals surface area contributed by atoms with E-state index in [0.29, 0.717) is 55.0 Å². The van der Waals surface area contributed by atoms with Crippen molar-refractivity contribution in [2.75, 3.05) is 32.7 Å². The van der Waals surface area contributed by atoms with Gasteiger partial charge in [-0.25, -0.2) is 33.1 Å². The number of rotatable bonds is 4. The molecule has 0 bridgehead atoms. The van der Waals surface area contributed by atoms with Gasteiger partial charge in [-0.2, -0.15) is 0 Å². The number of Topliss-reactive ketones (excluding diaryl/α,β-unsaturated/α-hetero) is 1. The largest absolute Gasteiger partial charge is 0.483 e. The second-order valence-corrected chi connectivity index (χ2v) is 15.3. The molecule has 0 spiro atoms. The number of likely N-dealkylation sites (tertiary alicyclic amines) is 1. The molecule has 0 saturated carbocycles. The zero-order valence-electron chi connectivity index (χ0n) is 30.8. The topological polar surface area (TPSA) is 155 Å². The Morgan fingerprint density at radius 1 is 0.868 bits per heavy atom. The highest BCUT2D eigenvalue weighted by Crippen LogP contribution is 2.47. The van der Waals surface area contributed by atoms with Crippen molar-refractivity contribution in [3.05, 3.63) is 86.2 Å². The van der Waals surface area contributed by atoms with Gasteiger partial charge in [0.2, 0.25) is 5.91 Å². The molecule has 15 nitrogen and oxygen atoms in total. The van der Waals surface area contributed by atoms with Gasteiger partial charge in [-0.05, 0) is 96.4 Å². The summed E-state index contributed by atoms with van der Waals surface area (Å²) >= 11 is 0. The van der Waals surface area contributed by atoms with Crippen LogP contribution in [0.3, 0.4) is 0 Å². The lowest BCUT2D eigenvalue weighted by Gasteiger charge is -2.42. The summed E-state index contributed by atoms with van der Waals surface area (Å²) in [5.41, 5.74) is -0.343. The van der Waals surface area contributed by atoms with E-state index in [4.69, 9.17) is 14.2 Å². The molecule has 280 valence electrons. The zero-order valence-corrected chi connectivity index (χ0v) is 30.8. The Morgan fingerprint density at radius 2 is 1.55 bits per heavy atom. The molecular formula is C38H44N6O9. The monoisotopic (exact) mass is 728 g/mol. The molecule has 2 aromatic carbocycles. The number of carbonyl (C=O) groups is 4. The third-order valence-electron chi connectivity index (χ3n) is 10.2. The number of ketones is 1. The summed E-state index contributed by atoms with van der Waals surface area (Å²) in [6, 6.07) is 10.0. The lowest BCUT2D eigenvalue weighted by molar-refractivity contribution is -0.137. The number of ether oxygens (including phenoxy) is 3. The number of benzene rings is 2. The molecular weight excluding hydrogens is 684 g/mol. The Balaban J connectivity index is 1.06. The van der Waals surface area contributed by atoms with Gasteiger partial charge in [0.25, 0.3) is 0 Å². The van der Waals surface area contributed by atoms with E-state index in [-0.39, 0.29) is 37.1 Å². The average Bonchev–Trinajstić information content (AvgIpc) is 3.70. The summed E-state index contributed by atoms with van der Waals surface area (Å²) in [7, 11) is 0. The Labute approximate surface area is 305 Å². The maximum absolute atomic E-state index is 14.0. The first kappa shape index (κ1) is 35.8. The van der Waals surface area contributed by atoms with E-state index >= 15 is 0 Å². The molecule has 2 atom stereocenters. The highest BCUT2D eigenvalue weighted by molar-refractivity contribution is 5.94. The Hall–Kier alpha value is -5.60. The van der Waals surface area contributed by atoms with Crippen LogP contribution in [0.4, 0.5) is 9.59 Å². The second kappa shape index (κ2) is 13.1. The molecule has 2 fully saturated rings. The summed E-state index contributed by atoms with van der Waals surface area (Å²) < 4.78 is 21.6. The van der Waals surface area contributed by atoms with Crippen LogP contribution < -0.4 is 20.9 Å².